The Morgan fingerprint density at radius 3 is 2.38 bits per heavy atom. The Morgan fingerprint density at radius 1 is 0.729 bits per heavy atom. The van der Waals surface area contributed by atoms with Gasteiger partial charge in [-0.25, -0.2) is 4.98 Å². The SMILES string of the molecule is CC(C)(C)c1ccnc(-n2c3[c-]c(Oc4[c-]c(N5[CH-]n6c(nc7ccccc76)-c6ccccc65)ccc4)ccc3c3ccccc32)c1.[Pt]. The summed E-state index contributed by atoms with van der Waals surface area (Å²) in [6, 6.07) is 46.4. The number of fused-ring (bicyclic) bond motifs is 8. The zero-order chi connectivity index (χ0) is 31.7. The van der Waals surface area contributed by atoms with Gasteiger partial charge in [0.2, 0.25) is 0 Å². The van der Waals surface area contributed by atoms with Crippen LogP contribution in [0.5, 0.6) is 11.5 Å². The molecule has 4 heterocycles. The molecule has 0 spiro atoms. The summed E-state index contributed by atoms with van der Waals surface area (Å²) in [5.41, 5.74) is 8.16. The van der Waals surface area contributed by atoms with Crippen LogP contribution in [0.2, 0.25) is 0 Å². The molecule has 8 aromatic rings. The van der Waals surface area contributed by atoms with Gasteiger partial charge in [-0.15, -0.1) is 35.7 Å². The van der Waals surface area contributed by atoms with E-state index in [4.69, 9.17) is 14.7 Å². The number of hydrogen-bond donors (Lipinski definition) is 0. The Balaban J connectivity index is 0.00000336. The monoisotopic (exact) mass is 803 g/mol. The molecule has 6 nitrogen and oxygen atoms in total. The zero-order valence-corrected chi connectivity index (χ0v) is 28.9. The van der Waals surface area contributed by atoms with Crippen molar-refractivity contribution in [1.29, 1.82) is 0 Å². The third-order valence-corrected chi connectivity index (χ3v) is 8.86. The average Bonchev–Trinajstić information content (AvgIpc) is 3.63. The van der Waals surface area contributed by atoms with Crippen molar-refractivity contribution >= 4 is 44.2 Å². The van der Waals surface area contributed by atoms with E-state index >= 15 is 0 Å². The Bertz CT molecular complexity index is 2490. The van der Waals surface area contributed by atoms with Gasteiger partial charge in [0.25, 0.3) is 0 Å². The minimum absolute atomic E-state index is 0. The van der Waals surface area contributed by atoms with Crippen LogP contribution in [-0.2, 0) is 26.5 Å². The van der Waals surface area contributed by atoms with E-state index in [0.29, 0.717) is 11.5 Å². The molecule has 0 saturated heterocycles. The molecule has 0 radical (unpaired) electrons. The molecule has 0 amide bonds. The van der Waals surface area contributed by atoms with Crippen molar-refractivity contribution in [2.24, 2.45) is 0 Å². The van der Waals surface area contributed by atoms with Crippen molar-refractivity contribution in [3.05, 3.63) is 146 Å². The first kappa shape index (κ1) is 30.0. The largest absolute Gasteiger partial charge is 0.509 e. The van der Waals surface area contributed by atoms with Gasteiger partial charge in [-0.3, -0.25) is 0 Å². The molecule has 5 aromatic carbocycles. The standard InChI is InChI=1S/C41H30N5O.Pt/c1-41(2,3)27-21-22-42-39(23-27)46-36-17-8-4-13-31(36)32-20-19-30(25-38(32)46)47-29-12-10-11-28(24-29)44-26-45-37-18-9-6-15-34(37)43-40(45)33-14-5-7-16-35(33)44;/h4-23,26H,1-3H3;/q-3;. The number of rotatable bonds is 4. The minimum Gasteiger partial charge on any atom is -0.509 e. The summed E-state index contributed by atoms with van der Waals surface area (Å²) in [6.07, 6.45) is 1.89. The zero-order valence-electron chi connectivity index (χ0n) is 26.6. The first-order valence-electron chi connectivity index (χ1n) is 15.8. The third kappa shape index (κ3) is 4.87. The molecule has 7 heteroatoms. The number of pyridine rings is 1. The Labute approximate surface area is 293 Å². The quantitative estimate of drug-likeness (QED) is 0.166. The number of para-hydroxylation sites is 4. The van der Waals surface area contributed by atoms with E-state index in [0.717, 1.165) is 61.4 Å². The van der Waals surface area contributed by atoms with Crippen LogP contribution in [0.3, 0.4) is 0 Å². The smallest absolute Gasteiger partial charge is 0.135 e. The number of benzene rings is 5. The second kappa shape index (κ2) is 11.4. The number of nitrogens with zero attached hydrogens (tertiary/aromatic N) is 5. The van der Waals surface area contributed by atoms with Gasteiger partial charge in [-0.1, -0.05) is 86.6 Å². The molecule has 0 saturated carbocycles. The van der Waals surface area contributed by atoms with Crippen LogP contribution in [-0.4, -0.2) is 19.1 Å². The van der Waals surface area contributed by atoms with E-state index in [-0.39, 0.29) is 26.5 Å². The van der Waals surface area contributed by atoms with Gasteiger partial charge < -0.3 is 23.8 Å². The predicted octanol–water partition coefficient (Wildman–Crippen LogP) is 10.0. The molecule has 238 valence electrons. The average molecular weight is 804 g/mol. The number of ether oxygens (including phenoxy) is 1. The summed E-state index contributed by atoms with van der Waals surface area (Å²) in [6.45, 7) is 8.74. The fourth-order valence-corrected chi connectivity index (χ4v) is 6.53. The second-order valence-corrected chi connectivity index (χ2v) is 12.9. The van der Waals surface area contributed by atoms with Crippen LogP contribution < -0.4 is 9.64 Å². The van der Waals surface area contributed by atoms with Gasteiger partial charge in [-0.05, 0) is 64.4 Å². The fourth-order valence-electron chi connectivity index (χ4n) is 6.53. The van der Waals surface area contributed by atoms with Crippen molar-refractivity contribution in [2.45, 2.75) is 26.2 Å². The van der Waals surface area contributed by atoms with Crippen LogP contribution in [0.15, 0.2) is 121 Å². The molecule has 0 atom stereocenters. The van der Waals surface area contributed by atoms with Crippen LogP contribution in [0.4, 0.5) is 11.4 Å². The summed E-state index contributed by atoms with van der Waals surface area (Å²) in [7, 11) is 0. The van der Waals surface area contributed by atoms with E-state index in [9.17, 15) is 0 Å². The molecular weight excluding hydrogens is 774 g/mol. The number of aromatic nitrogens is 4. The maximum absolute atomic E-state index is 6.49. The van der Waals surface area contributed by atoms with Gasteiger partial charge >= 0.3 is 0 Å². The van der Waals surface area contributed by atoms with Gasteiger partial charge in [0.05, 0.1) is 0 Å². The summed E-state index contributed by atoms with van der Waals surface area (Å²) < 4.78 is 10.8. The molecule has 1 aliphatic heterocycles. The molecule has 0 unspecified atom stereocenters. The maximum Gasteiger partial charge on any atom is 0.135 e. The normalized spacial score (nSPS) is 12.4. The van der Waals surface area contributed by atoms with Crippen LogP contribution in [0.25, 0.3) is 50.0 Å². The van der Waals surface area contributed by atoms with E-state index in [1.54, 1.807) is 0 Å². The Morgan fingerprint density at radius 2 is 1.50 bits per heavy atom. The topological polar surface area (TPSA) is 48.1 Å². The van der Waals surface area contributed by atoms with Crippen molar-refractivity contribution < 1.29 is 25.8 Å². The minimum atomic E-state index is -0.00584. The molecule has 48 heavy (non-hydrogen) atoms. The van der Waals surface area contributed by atoms with Crippen LogP contribution in [0.1, 0.15) is 26.3 Å². The second-order valence-electron chi connectivity index (χ2n) is 12.9. The van der Waals surface area contributed by atoms with Crippen molar-refractivity contribution in [2.75, 3.05) is 4.90 Å². The Hall–Kier alpha value is -5.32. The van der Waals surface area contributed by atoms with E-state index in [1.807, 2.05) is 54.7 Å². The first-order valence-corrected chi connectivity index (χ1v) is 15.8. The summed E-state index contributed by atoms with van der Waals surface area (Å²) in [5, 5.41) is 2.24. The molecule has 0 fully saturated rings. The molecule has 0 bridgehead atoms. The molecule has 9 rings (SSSR count). The predicted molar refractivity (Wildman–Crippen MR) is 188 cm³/mol. The van der Waals surface area contributed by atoms with Gasteiger partial charge in [0, 0.05) is 61.3 Å². The first-order chi connectivity index (χ1) is 22.9. The summed E-state index contributed by atoms with van der Waals surface area (Å²) in [5.74, 6) is 2.98. The van der Waals surface area contributed by atoms with Crippen molar-refractivity contribution in [3.8, 4) is 28.7 Å². The van der Waals surface area contributed by atoms with E-state index < -0.39 is 0 Å². The van der Waals surface area contributed by atoms with Crippen LogP contribution >= 0.6 is 0 Å². The van der Waals surface area contributed by atoms with E-state index in [2.05, 4.69) is 120 Å². The summed E-state index contributed by atoms with van der Waals surface area (Å²) in [4.78, 5) is 11.9. The number of imidazole rings is 1. The van der Waals surface area contributed by atoms with Gasteiger partial charge in [0.1, 0.15) is 5.82 Å². The molecule has 0 aliphatic carbocycles. The molecular formula is C41H30N5OPt-3. The summed E-state index contributed by atoms with van der Waals surface area (Å²) >= 11 is 0. The van der Waals surface area contributed by atoms with Crippen molar-refractivity contribution in [3.63, 3.8) is 0 Å². The molecule has 0 N–H and O–H groups in total. The van der Waals surface area contributed by atoms with Gasteiger partial charge in [-0.2, -0.15) is 12.1 Å². The van der Waals surface area contributed by atoms with Gasteiger partial charge in [0.15, 0.2) is 0 Å². The third-order valence-electron chi connectivity index (χ3n) is 8.86. The molecule has 1 aliphatic rings. The number of hydrogen-bond acceptors (Lipinski definition) is 4. The van der Waals surface area contributed by atoms with Crippen LogP contribution in [0, 0.1) is 18.8 Å². The van der Waals surface area contributed by atoms with Crippen molar-refractivity contribution in [1.82, 2.24) is 19.1 Å². The van der Waals surface area contributed by atoms with E-state index in [1.165, 1.54) is 5.56 Å². The maximum atomic E-state index is 6.49. The Kier molecular flexibility index (Phi) is 7.15. The number of anilines is 2. The fraction of sp³-hybridized carbons (Fsp3) is 0.0976. The molecule has 3 aromatic heterocycles.